The van der Waals surface area contributed by atoms with Crippen molar-refractivity contribution in [3.63, 3.8) is 0 Å². The number of hydrogen-bond donors (Lipinski definition) is 1. The third-order valence-electron chi connectivity index (χ3n) is 1.87. The standard InChI is InChI=1S/C8H7N3O2/c1-11-6-5(3-2-4-9-6)7(12)10-8(11)13/h2-4H,1H3,(H,10,12,13). The first-order valence-corrected chi connectivity index (χ1v) is 3.74. The van der Waals surface area contributed by atoms with Crippen molar-refractivity contribution < 1.29 is 0 Å². The van der Waals surface area contributed by atoms with Crippen LogP contribution in [0, 0.1) is 0 Å². The lowest BCUT2D eigenvalue weighted by Crippen LogP contribution is -2.28. The van der Waals surface area contributed by atoms with Gasteiger partial charge < -0.3 is 0 Å². The average Bonchev–Trinajstić information content (AvgIpc) is 2.15. The molecule has 0 spiro atoms. The Hall–Kier alpha value is -1.91. The number of rotatable bonds is 0. The van der Waals surface area contributed by atoms with Crippen LogP contribution in [0.5, 0.6) is 0 Å². The lowest BCUT2D eigenvalue weighted by atomic mass is 10.3. The second-order valence-corrected chi connectivity index (χ2v) is 2.69. The zero-order chi connectivity index (χ0) is 9.42. The van der Waals surface area contributed by atoms with Crippen molar-refractivity contribution in [3.8, 4) is 0 Å². The first kappa shape index (κ1) is 7.72. The molecule has 0 radical (unpaired) electrons. The molecule has 0 fully saturated rings. The predicted octanol–water partition coefficient (Wildman–Crippen LogP) is -0.378. The maximum absolute atomic E-state index is 11.2. The van der Waals surface area contributed by atoms with Gasteiger partial charge >= 0.3 is 5.69 Å². The Balaban J connectivity index is 3.15. The van der Waals surface area contributed by atoms with Crippen LogP contribution in [0.2, 0.25) is 0 Å². The fraction of sp³-hybridized carbons (Fsp3) is 0.125. The van der Waals surface area contributed by atoms with Crippen molar-refractivity contribution in [1.29, 1.82) is 0 Å². The van der Waals surface area contributed by atoms with Gasteiger partial charge in [0.25, 0.3) is 5.56 Å². The van der Waals surface area contributed by atoms with Crippen LogP contribution in [0.15, 0.2) is 27.9 Å². The molecule has 0 atom stereocenters. The molecular weight excluding hydrogens is 170 g/mol. The summed E-state index contributed by atoms with van der Waals surface area (Å²) in [5, 5.41) is 0.421. The Morgan fingerprint density at radius 3 is 3.00 bits per heavy atom. The quantitative estimate of drug-likeness (QED) is 0.596. The summed E-state index contributed by atoms with van der Waals surface area (Å²) in [5.74, 6) is 0. The fourth-order valence-electron chi connectivity index (χ4n) is 1.19. The monoisotopic (exact) mass is 177 g/mol. The van der Waals surface area contributed by atoms with Crippen molar-refractivity contribution in [2.75, 3.05) is 0 Å². The van der Waals surface area contributed by atoms with Gasteiger partial charge in [0.05, 0.1) is 5.39 Å². The average molecular weight is 177 g/mol. The van der Waals surface area contributed by atoms with Crippen LogP contribution in [-0.4, -0.2) is 14.5 Å². The van der Waals surface area contributed by atoms with Gasteiger partial charge in [0.15, 0.2) is 0 Å². The molecule has 0 aliphatic heterocycles. The molecule has 2 heterocycles. The van der Waals surface area contributed by atoms with E-state index in [1.807, 2.05) is 0 Å². The minimum Gasteiger partial charge on any atom is -0.281 e. The Morgan fingerprint density at radius 1 is 1.46 bits per heavy atom. The molecule has 1 N–H and O–H groups in total. The third kappa shape index (κ3) is 1.05. The normalized spacial score (nSPS) is 10.5. The zero-order valence-electron chi connectivity index (χ0n) is 6.94. The van der Waals surface area contributed by atoms with Gasteiger partial charge in [0.2, 0.25) is 0 Å². The third-order valence-corrected chi connectivity index (χ3v) is 1.87. The smallest absolute Gasteiger partial charge is 0.281 e. The zero-order valence-corrected chi connectivity index (χ0v) is 6.94. The molecule has 0 bridgehead atoms. The highest BCUT2D eigenvalue weighted by atomic mass is 16.2. The summed E-state index contributed by atoms with van der Waals surface area (Å²) in [4.78, 5) is 28.5. The molecule has 66 valence electrons. The van der Waals surface area contributed by atoms with Crippen LogP contribution in [-0.2, 0) is 7.05 Å². The molecule has 5 nitrogen and oxygen atoms in total. The van der Waals surface area contributed by atoms with Gasteiger partial charge in [0.1, 0.15) is 5.65 Å². The Bertz CT molecular complexity index is 567. The number of aromatic nitrogens is 3. The van der Waals surface area contributed by atoms with Crippen molar-refractivity contribution >= 4 is 11.0 Å². The lowest BCUT2D eigenvalue weighted by molar-refractivity contribution is 0.829. The SMILES string of the molecule is Cn1c(=O)[nH]c(=O)c2cccnc21. The van der Waals surface area contributed by atoms with Crippen LogP contribution in [0.3, 0.4) is 0 Å². The molecule has 5 heteroatoms. The Morgan fingerprint density at radius 2 is 2.23 bits per heavy atom. The molecule has 0 aliphatic rings. The van der Waals surface area contributed by atoms with Crippen LogP contribution >= 0.6 is 0 Å². The number of pyridine rings is 1. The summed E-state index contributed by atoms with van der Waals surface area (Å²) < 4.78 is 1.30. The summed E-state index contributed by atoms with van der Waals surface area (Å²) in [5.41, 5.74) is -0.446. The number of aryl methyl sites for hydroxylation is 1. The number of nitrogens with one attached hydrogen (secondary N) is 1. The number of H-pyrrole nitrogens is 1. The van der Waals surface area contributed by atoms with E-state index in [9.17, 15) is 9.59 Å². The van der Waals surface area contributed by atoms with Crippen molar-refractivity contribution in [2.24, 2.45) is 7.05 Å². The first-order chi connectivity index (χ1) is 6.20. The van der Waals surface area contributed by atoms with E-state index in [0.29, 0.717) is 11.0 Å². The predicted molar refractivity (Wildman–Crippen MR) is 47.6 cm³/mol. The molecule has 0 unspecified atom stereocenters. The second-order valence-electron chi connectivity index (χ2n) is 2.69. The molecular formula is C8H7N3O2. The van der Waals surface area contributed by atoms with E-state index in [0.717, 1.165) is 0 Å². The van der Waals surface area contributed by atoms with Crippen molar-refractivity contribution in [1.82, 2.24) is 14.5 Å². The van der Waals surface area contributed by atoms with Crippen LogP contribution in [0.1, 0.15) is 0 Å². The van der Waals surface area contributed by atoms with E-state index in [1.54, 1.807) is 25.4 Å². The molecule has 2 aromatic rings. The maximum Gasteiger partial charge on any atom is 0.329 e. The number of aromatic amines is 1. The molecule has 0 aliphatic carbocycles. The number of nitrogens with zero attached hydrogens (tertiary/aromatic N) is 2. The van der Waals surface area contributed by atoms with Crippen molar-refractivity contribution in [3.05, 3.63) is 39.2 Å². The van der Waals surface area contributed by atoms with Crippen LogP contribution in [0.4, 0.5) is 0 Å². The summed E-state index contributed by atoms with van der Waals surface area (Å²) >= 11 is 0. The highest BCUT2D eigenvalue weighted by Gasteiger charge is 2.02. The van der Waals surface area contributed by atoms with E-state index in [1.165, 1.54) is 4.57 Å². The maximum atomic E-state index is 11.2. The van der Waals surface area contributed by atoms with Crippen molar-refractivity contribution in [2.45, 2.75) is 0 Å². The second kappa shape index (κ2) is 2.55. The van der Waals surface area contributed by atoms with Gasteiger partial charge in [-0.25, -0.2) is 9.78 Å². The molecule has 0 saturated heterocycles. The Kier molecular flexibility index (Phi) is 1.51. The highest BCUT2D eigenvalue weighted by Crippen LogP contribution is 1.99. The fourth-order valence-corrected chi connectivity index (χ4v) is 1.19. The summed E-state index contributed by atoms with van der Waals surface area (Å²) in [6.45, 7) is 0. The van der Waals surface area contributed by atoms with Gasteiger partial charge in [-0.3, -0.25) is 14.3 Å². The molecule has 0 saturated carbocycles. The Labute approximate surface area is 72.7 Å². The van der Waals surface area contributed by atoms with Gasteiger partial charge in [-0.2, -0.15) is 0 Å². The largest absolute Gasteiger partial charge is 0.329 e. The summed E-state index contributed by atoms with van der Waals surface area (Å²) in [6.07, 6.45) is 1.54. The molecule has 2 rings (SSSR count). The molecule has 0 amide bonds. The van der Waals surface area contributed by atoms with E-state index in [4.69, 9.17) is 0 Å². The van der Waals surface area contributed by atoms with E-state index in [2.05, 4.69) is 9.97 Å². The highest BCUT2D eigenvalue weighted by molar-refractivity contribution is 5.72. The van der Waals surface area contributed by atoms with Gasteiger partial charge in [-0.05, 0) is 12.1 Å². The summed E-state index contributed by atoms with van der Waals surface area (Å²) in [6, 6.07) is 3.28. The number of hydrogen-bond acceptors (Lipinski definition) is 3. The minimum atomic E-state index is -0.448. The molecule has 2 aromatic heterocycles. The van der Waals surface area contributed by atoms with Crippen LogP contribution < -0.4 is 11.2 Å². The van der Waals surface area contributed by atoms with Gasteiger partial charge in [-0.15, -0.1) is 0 Å². The number of fused-ring (bicyclic) bond motifs is 1. The summed E-state index contributed by atoms with van der Waals surface area (Å²) in [7, 11) is 1.56. The molecule has 0 aromatic carbocycles. The molecule has 13 heavy (non-hydrogen) atoms. The van der Waals surface area contributed by atoms with Crippen LogP contribution in [0.25, 0.3) is 11.0 Å². The van der Waals surface area contributed by atoms with Gasteiger partial charge in [0, 0.05) is 13.2 Å². The lowest BCUT2D eigenvalue weighted by Gasteiger charge is -2.00. The topological polar surface area (TPSA) is 67.8 Å². The van der Waals surface area contributed by atoms with Gasteiger partial charge in [-0.1, -0.05) is 0 Å². The van der Waals surface area contributed by atoms with E-state index in [-0.39, 0.29) is 0 Å². The first-order valence-electron chi connectivity index (χ1n) is 3.74. The van der Waals surface area contributed by atoms with E-state index < -0.39 is 11.2 Å². The van der Waals surface area contributed by atoms with E-state index >= 15 is 0 Å². The minimum absolute atomic E-state index is 0.397.